The number of halogens is 2. The van der Waals surface area contributed by atoms with E-state index in [2.05, 4.69) is 0 Å². The number of carbonyl (C=O) groups excluding carboxylic acids is 2. The molecule has 1 fully saturated rings. The summed E-state index contributed by atoms with van der Waals surface area (Å²) in [4.78, 5) is 26.2. The van der Waals surface area contributed by atoms with Gasteiger partial charge in [-0.3, -0.25) is 14.5 Å². The number of imide groups is 1. The normalized spacial score (nSPS) is 15.3. The quantitative estimate of drug-likeness (QED) is 0.454. The molecule has 0 bridgehead atoms. The molecular formula is C22H15ClFNO4S. The molecule has 1 aromatic heterocycles. The molecule has 2 amide bonds. The maximum Gasteiger partial charge on any atom is 0.293 e. The van der Waals surface area contributed by atoms with Crippen LogP contribution in [-0.2, 0) is 11.3 Å². The minimum atomic E-state index is -0.494. The largest absolute Gasteiger partial charge is 0.496 e. The fourth-order valence-electron chi connectivity index (χ4n) is 3.01. The van der Waals surface area contributed by atoms with Gasteiger partial charge in [-0.2, -0.15) is 0 Å². The van der Waals surface area contributed by atoms with E-state index in [1.807, 2.05) is 0 Å². The van der Waals surface area contributed by atoms with Gasteiger partial charge < -0.3 is 9.15 Å². The predicted molar refractivity (Wildman–Crippen MR) is 114 cm³/mol. The van der Waals surface area contributed by atoms with E-state index in [-0.39, 0.29) is 17.0 Å². The van der Waals surface area contributed by atoms with Crippen LogP contribution in [0.2, 0.25) is 5.02 Å². The highest BCUT2D eigenvalue weighted by Crippen LogP contribution is 2.36. The molecule has 0 spiro atoms. The monoisotopic (exact) mass is 443 g/mol. The smallest absolute Gasteiger partial charge is 0.293 e. The van der Waals surface area contributed by atoms with E-state index in [4.69, 9.17) is 20.8 Å². The van der Waals surface area contributed by atoms with Gasteiger partial charge in [0.25, 0.3) is 11.1 Å². The van der Waals surface area contributed by atoms with Gasteiger partial charge >= 0.3 is 0 Å². The Kier molecular flexibility index (Phi) is 5.65. The zero-order valence-electron chi connectivity index (χ0n) is 15.7. The third-order valence-corrected chi connectivity index (χ3v) is 5.63. The average molecular weight is 444 g/mol. The first-order chi connectivity index (χ1) is 14.5. The molecule has 2 heterocycles. The van der Waals surface area contributed by atoms with Gasteiger partial charge in [-0.25, -0.2) is 4.39 Å². The molecule has 0 N–H and O–H groups in total. The highest BCUT2D eigenvalue weighted by Gasteiger charge is 2.35. The second-order valence-electron chi connectivity index (χ2n) is 6.41. The van der Waals surface area contributed by atoms with Crippen LogP contribution in [0, 0.1) is 5.82 Å². The number of furan rings is 1. The second-order valence-corrected chi connectivity index (χ2v) is 7.84. The summed E-state index contributed by atoms with van der Waals surface area (Å²) in [5.41, 5.74) is 0.937. The Labute approximate surface area is 181 Å². The van der Waals surface area contributed by atoms with Crippen molar-refractivity contribution in [1.82, 2.24) is 4.90 Å². The lowest BCUT2D eigenvalue weighted by Gasteiger charge is -2.12. The van der Waals surface area contributed by atoms with E-state index in [9.17, 15) is 14.0 Å². The van der Waals surface area contributed by atoms with Gasteiger partial charge in [0.1, 0.15) is 23.1 Å². The van der Waals surface area contributed by atoms with E-state index >= 15 is 0 Å². The number of benzene rings is 2. The van der Waals surface area contributed by atoms with Crippen molar-refractivity contribution in [1.29, 1.82) is 0 Å². The summed E-state index contributed by atoms with van der Waals surface area (Å²) >= 11 is 6.86. The van der Waals surface area contributed by atoms with Crippen molar-refractivity contribution < 1.29 is 23.1 Å². The third kappa shape index (κ3) is 3.99. The van der Waals surface area contributed by atoms with E-state index in [0.717, 1.165) is 16.7 Å². The Morgan fingerprint density at radius 1 is 1.17 bits per heavy atom. The first kappa shape index (κ1) is 20.3. The maximum atomic E-state index is 13.9. The second kappa shape index (κ2) is 8.38. The van der Waals surface area contributed by atoms with E-state index in [0.29, 0.717) is 27.9 Å². The summed E-state index contributed by atoms with van der Waals surface area (Å²) < 4.78 is 25.0. The van der Waals surface area contributed by atoms with E-state index in [1.165, 1.54) is 12.1 Å². The summed E-state index contributed by atoms with van der Waals surface area (Å²) in [7, 11) is 1.54. The molecule has 4 rings (SSSR count). The molecule has 30 heavy (non-hydrogen) atoms. The van der Waals surface area contributed by atoms with Crippen molar-refractivity contribution in [3.8, 4) is 17.1 Å². The van der Waals surface area contributed by atoms with Crippen molar-refractivity contribution >= 4 is 40.6 Å². The van der Waals surface area contributed by atoms with Gasteiger partial charge in [0.2, 0.25) is 0 Å². The first-order valence-corrected chi connectivity index (χ1v) is 10.1. The van der Waals surface area contributed by atoms with Crippen molar-refractivity contribution in [2.75, 3.05) is 7.11 Å². The van der Waals surface area contributed by atoms with Crippen molar-refractivity contribution in [3.63, 3.8) is 0 Å². The Morgan fingerprint density at radius 2 is 1.97 bits per heavy atom. The van der Waals surface area contributed by atoms with Gasteiger partial charge in [-0.15, -0.1) is 0 Å². The maximum absolute atomic E-state index is 13.9. The molecule has 1 aliphatic heterocycles. The molecule has 2 aromatic carbocycles. The van der Waals surface area contributed by atoms with Crippen LogP contribution in [0.4, 0.5) is 9.18 Å². The van der Waals surface area contributed by atoms with Crippen molar-refractivity contribution in [3.05, 3.63) is 81.7 Å². The molecule has 8 heteroatoms. The molecule has 1 saturated heterocycles. The van der Waals surface area contributed by atoms with Crippen LogP contribution >= 0.6 is 23.4 Å². The van der Waals surface area contributed by atoms with Crippen molar-refractivity contribution in [2.45, 2.75) is 6.54 Å². The van der Waals surface area contributed by atoms with Crippen LogP contribution in [0.1, 0.15) is 11.3 Å². The van der Waals surface area contributed by atoms with Crippen molar-refractivity contribution in [2.24, 2.45) is 0 Å². The lowest BCUT2D eigenvalue weighted by molar-refractivity contribution is -0.123. The van der Waals surface area contributed by atoms with Gasteiger partial charge in [0.05, 0.1) is 24.1 Å². The number of rotatable bonds is 5. The van der Waals surface area contributed by atoms with Gasteiger partial charge in [0.15, 0.2) is 0 Å². The number of ether oxygens (including phenoxy) is 1. The highest BCUT2D eigenvalue weighted by molar-refractivity contribution is 8.18. The number of hydrogen-bond donors (Lipinski definition) is 0. The molecular weight excluding hydrogens is 429 g/mol. The highest BCUT2D eigenvalue weighted by atomic mass is 35.5. The first-order valence-electron chi connectivity index (χ1n) is 8.89. The number of methoxy groups -OCH3 is 1. The summed E-state index contributed by atoms with van der Waals surface area (Å²) in [6.45, 7) is -0.127. The van der Waals surface area contributed by atoms with Crippen LogP contribution in [0.15, 0.2) is 63.9 Å². The Morgan fingerprint density at radius 3 is 2.73 bits per heavy atom. The zero-order valence-corrected chi connectivity index (χ0v) is 17.3. The van der Waals surface area contributed by atoms with E-state index in [1.54, 1.807) is 55.6 Å². The minimum absolute atomic E-state index is 0.127. The number of thioether (sulfide) groups is 1. The molecule has 0 aliphatic carbocycles. The summed E-state index contributed by atoms with van der Waals surface area (Å²) in [6, 6.07) is 14.6. The summed E-state index contributed by atoms with van der Waals surface area (Å²) in [5, 5.41) is 0.0656. The standard InChI is InChI=1S/C22H15ClFNO4S/c1-28-18-8-6-14(23)10-16(18)19-9-7-15(29-19)11-20-21(26)25(22(27)30-20)12-13-4-2-3-5-17(13)24/h2-11H,12H2,1H3/b20-11+. The van der Waals surface area contributed by atoms with Crippen LogP contribution in [0.5, 0.6) is 5.75 Å². The number of amides is 2. The molecule has 0 saturated carbocycles. The van der Waals surface area contributed by atoms with Gasteiger partial charge in [-0.1, -0.05) is 29.8 Å². The molecule has 152 valence electrons. The average Bonchev–Trinajstić information content (AvgIpc) is 3.30. The number of hydrogen-bond acceptors (Lipinski definition) is 5. The molecule has 0 atom stereocenters. The van der Waals surface area contributed by atoms with Crippen LogP contribution in [0.3, 0.4) is 0 Å². The lowest BCUT2D eigenvalue weighted by atomic mass is 10.1. The Bertz CT molecular complexity index is 1170. The van der Waals surface area contributed by atoms with Crippen LogP contribution in [-0.4, -0.2) is 23.2 Å². The summed E-state index contributed by atoms with van der Waals surface area (Å²) in [5.74, 6) is 0.526. The fraction of sp³-hybridized carbons (Fsp3) is 0.0909. The number of carbonyl (C=O) groups is 2. The molecule has 3 aromatic rings. The van der Waals surface area contributed by atoms with Gasteiger partial charge in [-0.05, 0) is 48.2 Å². The van der Waals surface area contributed by atoms with Gasteiger partial charge in [0, 0.05) is 16.7 Å². The molecule has 0 unspecified atom stereocenters. The van der Waals surface area contributed by atoms with Crippen LogP contribution in [0.25, 0.3) is 17.4 Å². The molecule has 5 nitrogen and oxygen atoms in total. The topological polar surface area (TPSA) is 59.8 Å². The zero-order chi connectivity index (χ0) is 21.3. The fourth-order valence-corrected chi connectivity index (χ4v) is 4.00. The predicted octanol–water partition coefficient (Wildman–Crippen LogP) is 5.98. The molecule has 0 radical (unpaired) electrons. The van der Waals surface area contributed by atoms with E-state index < -0.39 is 17.0 Å². The summed E-state index contributed by atoms with van der Waals surface area (Å²) in [6.07, 6.45) is 1.49. The molecule has 1 aliphatic rings. The van der Waals surface area contributed by atoms with Crippen LogP contribution < -0.4 is 4.74 Å². The SMILES string of the molecule is COc1ccc(Cl)cc1-c1ccc(/C=C2/SC(=O)N(Cc3ccccc3F)C2=O)o1. The minimum Gasteiger partial charge on any atom is -0.496 e. The third-order valence-electron chi connectivity index (χ3n) is 4.49. The number of nitrogens with zero attached hydrogens (tertiary/aromatic N) is 1. The Balaban J connectivity index is 1.58. The lowest BCUT2D eigenvalue weighted by Crippen LogP contribution is -2.27. The Hall–Kier alpha value is -3.03.